The van der Waals surface area contributed by atoms with Crippen LogP contribution in [0.25, 0.3) is 0 Å². The summed E-state index contributed by atoms with van der Waals surface area (Å²) < 4.78 is 11.0. The predicted octanol–water partition coefficient (Wildman–Crippen LogP) is 6.64. The van der Waals surface area contributed by atoms with Gasteiger partial charge in [0, 0.05) is 5.02 Å². The van der Waals surface area contributed by atoms with E-state index in [0.717, 1.165) is 4.90 Å². The molecule has 43 heavy (non-hydrogen) atoms. The van der Waals surface area contributed by atoms with Crippen LogP contribution in [0.1, 0.15) is 72.5 Å². The zero-order valence-corrected chi connectivity index (χ0v) is 26.5. The smallest absolute Gasteiger partial charge is 0.313 e. The molecule has 0 fully saturated rings. The van der Waals surface area contributed by atoms with Crippen LogP contribution < -0.4 is 9.64 Å². The van der Waals surface area contributed by atoms with Gasteiger partial charge in [-0.15, -0.1) is 0 Å². The van der Waals surface area contributed by atoms with E-state index in [4.69, 9.17) is 21.1 Å². The van der Waals surface area contributed by atoms with Gasteiger partial charge in [-0.2, -0.15) is 0 Å². The topological polar surface area (TPSA) is 93.2 Å². The third-order valence-electron chi connectivity index (χ3n) is 7.88. The number of ether oxygens (including phenoxy) is 2. The Morgan fingerprint density at radius 2 is 1.40 bits per heavy atom. The van der Waals surface area contributed by atoms with Crippen molar-refractivity contribution in [2.45, 2.75) is 53.6 Å². The second-order valence-electron chi connectivity index (χ2n) is 12.3. The Bertz CT molecular complexity index is 1540. The van der Waals surface area contributed by atoms with E-state index in [2.05, 4.69) is 0 Å². The molecule has 226 valence electrons. The van der Waals surface area contributed by atoms with Crippen molar-refractivity contribution >= 4 is 41.0 Å². The van der Waals surface area contributed by atoms with E-state index in [1.54, 1.807) is 95.3 Å². The van der Waals surface area contributed by atoms with Gasteiger partial charge in [0.05, 0.1) is 42.5 Å². The minimum Gasteiger partial charge on any atom is -0.495 e. The first kappa shape index (κ1) is 31.8. The van der Waals surface area contributed by atoms with E-state index in [0.29, 0.717) is 27.6 Å². The zero-order valence-electron chi connectivity index (χ0n) is 25.7. The lowest BCUT2D eigenvalue weighted by atomic mass is 9.77. The molecule has 3 aromatic rings. The Labute approximate surface area is 257 Å². The molecule has 0 spiro atoms. The molecular formula is C34H37ClN2O6. The number of methoxy groups -OCH3 is 2. The molecule has 0 aliphatic carbocycles. The number of rotatable bonds is 8. The van der Waals surface area contributed by atoms with Crippen LogP contribution in [-0.2, 0) is 14.3 Å². The van der Waals surface area contributed by atoms with Crippen molar-refractivity contribution < 1.29 is 28.7 Å². The summed E-state index contributed by atoms with van der Waals surface area (Å²) in [4.78, 5) is 58.9. The summed E-state index contributed by atoms with van der Waals surface area (Å²) >= 11 is 6.25. The van der Waals surface area contributed by atoms with Gasteiger partial charge in [0.15, 0.2) is 0 Å². The van der Waals surface area contributed by atoms with E-state index >= 15 is 4.79 Å². The molecule has 0 saturated carbocycles. The first-order chi connectivity index (χ1) is 20.2. The van der Waals surface area contributed by atoms with Gasteiger partial charge in [0.2, 0.25) is 0 Å². The summed E-state index contributed by atoms with van der Waals surface area (Å²) in [6.45, 7) is 10.6. The van der Waals surface area contributed by atoms with Crippen molar-refractivity contribution in [2.24, 2.45) is 10.8 Å². The number of hydrogen-bond acceptors (Lipinski definition) is 6. The van der Waals surface area contributed by atoms with Crippen LogP contribution in [-0.4, -0.2) is 48.9 Å². The minimum absolute atomic E-state index is 0.235. The molecule has 3 aromatic carbocycles. The number of amides is 3. The highest BCUT2D eigenvalue weighted by Crippen LogP contribution is 2.48. The highest BCUT2D eigenvalue weighted by atomic mass is 35.5. The molecule has 4 rings (SSSR count). The number of benzene rings is 3. The van der Waals surface area contributed by atoms with Gasteiger partial charge in [-0.25, -0.2) is 0 Å². The van der Waals surface area contributed by atoms with Crippen LogP contribution in [0.5, 0.6) is 5.75 Å². The summed E-state index contributed by atoms with van der Waals surface area (Å²) in [5, 5.41) is 0.475. The SMILES string of the molecule is COC(=O)C(C)(C)[C@H](c1ccc(Cl)cc1)N(C(=O)[C@@H](N1C(=O)c2ccccc2C1=O)C(C)(C)C)c1c(C)cccc1OC. The van der Waals surface area contributed by atoms with Gasteiger partial charge in [0.1, 0.15) is 11.8 Å². The predicted molar refractivity (Wildman–Crippen MR) is 165 cm³/mol. The zero-order chi connectivity index (χ0) is 31.9. The van der Waals surface area contributed by atoms with E-state index in [9.17, 15) is 14.4 Å². The number of fused-ring (bicyclic) bond motifs is 1. The van der Waals surface area contributed by atoms with Gasteiger partial charge in [-0.05, 0) is 67.6 Å². The fourth-order valence-corrected chi connectivity index (χ4v) is 5.95. The maximum absolute atomic E-state index is 15.3. The molecule has 0 bridgehead atoms. The number of carbonyl (C=O) groups is 4. The first-order valence-electron chi connectivity index (χ1n) is 13.9. The number of anilines is 1. The second kappa shape index (κ2) is 11.8. The number of aryl methyl sites for hydroxylation is 1. The molecule has 0 saturated heterocycles. The summed E-state index contributed by atoms with van der Waals surface area (Å²) in [7, 11) is 2.79. The summed E-state index contributed by atoms with van der Waals surface area (Å²) in [5.41, 5.74) is -0.0971. The van der Waals surface area contributed by atoms with E-state index in [-0.39, 0.29) is 11.1 Å². The quantitative estimate of drug-likeness (QED) is 0.211. The molecular weight excluding hydrogens is 568 g/mol. The number of nitrogens with zero attached hydrogens (tertiary/aromatic N) is 2. The largest absolute Gasteiger partial charge is 0.495 e. The van der Waals surface area contributed by atoms with Crippen molar-refractivity contribution in [2.75, 3.05) is 19.1 Å². The number of hydrogen-bond donors (Lipinski definition) is 0. The van der Waals surface area contributed by atoms with Crippen molar-refractivity contribution in [1.29, 1.82) is 0 Å². The van der Waals surface area contributed by atoms with Crippen LogP contribution in [0.4, 0.5) is 5.69 Å². The minimum atomic E-state index is -1.32. The van der Waals surface area contributed by atoms with Gasteiger partial charge in [-0.1, -0.05) is 68.8 Å². The summed E-state index contributed by atoms with van der Waals surface area (Å²) in [6, 6.07) is 16.5. The molecule has 0 aromatic heterocycles. The Morgan fingerprint density at radius 1 is 0.837 bits per heavy atom. The van der Waals surface area contributed by atoms with Crippen LogP contribution >= 0.6 is 11.6 Å². The second-order valence-corrected chi connectivity index (χ2v) is 12.7. The molecule has 1 aliphatic rings. The number of para-hydroxylation sites is 1. The normalized spacial score (nSPS) is 14.7. The number of halogens is 1. The molecule has 8 nitrogen and oxygen atoms in total. The van der Waals surface area contributed by atoms with Crippen LogP contribution in [0.3, 0.4) is 0 Å². The monoisotopic (exact) mass is 604 g/mol. The van der Waals surface area contributed by atoms with Gasteiger partial charge >= 0.3 is 5.97 Å². The third-order valence-corrected chi connectivity index (χ3v) is 8.13. The van der Waals surface area contributed by atoms with Crippen molar-refractivity contribution in [3.8, 4) is 5.75 Å². The Balaban J connectivity index is 2.06. The van der Waals surface area contributed by atoms with E-state index < -0.39 is 46.6 Å². The van der Waals surface area contributed by atoms with Crippen molar-refractivity contribution in [1.82, 2.24) is 4.90 Å². The standard InChI is InChI=1S/C34H37ClN2O6/c1-20-12-11-15-25(42-7)26(20)36(27(34(5,6)32(41)43-8)21-16-18-22(35)19-17-21)31(40)28(33(2,3)4)37-29(38)23-13-9-10-14-24(23)30(37)39/h9-19,27-28H,1-8H3/t27-,28+/m0/s1. The Kier molecular flexibility index (Phi) is 8.75. The maximum atomic E-state index is 15.3. The van der Waals surface area contributed by atoms with Crippen molar-refractivity contribution in [3.63, 3.8) is 0 Å². The highest BCUT2D eigenvalue weighted by Gasteiger charge is 2.53. The third kappa shape index (κ3) is 5.64. The van der Waals surface area contributed by atoms with Crippen molar-refractivity contribution in [3.05, 3.63) is 94.0 Å². The van der Waals surface area contributed by atoms with Gasteiger partial charge in [0.25, 0.3) is 17.7 Å². The Hall–Kier alpha value is -4.17. The van der Waals surface area contributed by atoms with Crippen LogP contribution in [0.15, 0.2) is 66.7 Å². The molecule has 0 unspecified atom stereocenters. The first-order valence-corrected chi connectivity index (χ1v) is 14.3. The number of carbonyl (C=O) groups excluding carboxylic acids is 4. The number of imide groups is 1. The lowest BCUT2D eigenvalue weighted by Gasteiger charge is -2.46. The summed E-state index contributed by atoms with van der Waals surface area (Å²) in [6.07, 6.45) is 0. The fourth-order valence-electron chi connectivity index (χ4n) is 5.82. The fraction of sp³-hybridized carbons (Fsp3) is 0.353. The lowest BCUT2D eigenvalue weighted by molar-refractivity contribution is -0.152. The molecule has 0 radical (unpaired) electrons. The lowest BCUT2D eigenvalue weighted by Crippen LogP contribution is -2.59. The molecule has 0 N–H and O–H groups in total. The van der Waals surface area contributed by atoms with Gasteiger partial charge in [-0.3, -0.25) is 29.0 Å². The van der Waals surface area contributed by atoms with E-state index in [1.807, 2.05) is 13.0 Å². The maximum Gasteiger partial charge on any atom is 0.313 e. The molecule has 1 heterocycles. The molecule has 9 heteroatoms. The van der Waals surface area contributed by atoms with E-state index in [1.165, 1.54) is 19.1 Å². The van der Waals surface area contributed by atoms with Gasteiger partial charge < -0.3 is 9.47 Å². The molecule has 3 amide bonds. The number of esters is 1. The summed E-state index contributed by atoms with van der Waals surface area (Å²) in [5.74, 6) is -1.86. The van der Waals surface area contributed by atoms with Crippen LogP contribution in [0.2, 0.25) is 5.02 Å². The van der Waals surface area contributed by atoms with Crippen LogP contribution in [0, 0.1) is 17.8 Å². The average Bonchev–Trinajstić information content (AvgIpc) is 3.20. The Morgan fingerprint density at radius 3 is 1.88 bits per heavy atom. The molecule has 1 aliphatic heterocycles. The average molecular weight is 605 g/mol. The molecule has 2 atom stereocenters. The highest BCUT2D eigenvalue weighted by molar-refractivity contribution is 6.30.